The number of nitrogens with zero attached hydrogens (tertiary/aromatic N) is 2. The molecule has 0 radical (unpaired) electrons. The van der Waals surface area contributed by atoms with E-state index in [4.69, 9.17) is 0 Å². The Morgan fingerprint density at radius 3 is 2.80 bits per heavy atom. The Bertz CT molecular complexity index is 536. The molecule has 20 heavy (non-hydrogen) atoms. The molecule has 1 aromatic heterocycles. The van der Waals surface area contributed by atoms with Gasteiger partial charge in [-0.15, -0.1) is 0 Å². The summed E-state index contributed by atoms with van der Waals surface area (Å²) in [6.07, 6.45) is 7.92. The number of rotatable bonds is 5. The Balaban J connectivity index is 1.45. The third-order valence-corrected chi connectivity index (χ3v) is 4.89. The molecule has 0 bridgehead atoms. The van der Waals surface area contributed by atoms with E-state index in [1.54, 1.807) is 6.20 Å². The molecule has 4 heteroatoms. The topological polar surface area (TPSA) is 54.9 Å². The molecule has 0 unspecified atom stereocenters. The predicted molar refractivity (Wildman–Crippen MR) is 74.7 cm³/mol. The number of hydrogen-bond acceptors (Lipinski definition) is 3. The van der Waals surface area contributed by atoms with E-state index in [-0.39, 0.29) is 17.9 Å². The quantitative estimate of drug-likeness (QED) is 0.894. The van der Waals surface area contributed by atoms with Gasteiger partial charge in [-0.05, 0) is 62.8 Å². The van der Waals surface area contributed by atoms with E-state index < -0.39 is 0 Å². The molecule has 0 saturated heterocycles. The molecule has 4 rings (SSSR count). The zero-order valence-corrected chi connectivity index (χ0v) is 11.9. The second kappa shape index (κ2) is 4.54. The molecular formula is C16H21N3O. The fraction of sp³-hybridized carbons (Fsp3) is 0.688. The van der Waals surface area contributed by atoms with Crippen molar-refractivity contribution in [2.24, 2.45) is 23.7 Å². The van der Waals surface area contributed by atoms with Crippen LogP contribution in [0.15, 0.2) is 12.3 Å². The molecule has 3 aliphatic rings. The van der Waals surface area contributed by atoms with Gasteiger partial charge < -0.3 is 5.32 Å². The molecule has 0 spiro atoms. The van der Waals surface area contributed by atoms with Gasteiger partial charge in [-0.25, -0.2) is 9.97 Å². The molecule has 3 atom stereocenters. The van der Waals surface area contributed by atoms with Crippen LogP contribution < -0.4 is 5.32 Å². The first kappa shape index (κ1) is 12.3. The van der Waals surface area contributed by atoms with Gasteiger partial charge in [0, 0.05) is 17.8 Å². The van der Waals surface area contributed by atoms with Crippen molar-refractivity contribution in [3.05, 3.63) is 23.8 Å². The Morgan fingerprint density at radius 2 is 2.15 bits per heavy atom. The van der Waals surface area contributed by atoms with Crippen LogP contribution in [-0.2, 0) is 4.79 Å². The van der Waals surface area contributed by atoms with Crippen molar-refractivity contribution < 1.29 is 4.79 Å². The molecular weight excluding hydrogens is 250 g/mol. The Kier molecular flexibility index (Phi) is 2.79. The van der Waals surface area contributed by atoms with Gasteiger partial charge in [-0.1, -0.05) is 0 Å². The summed E-state index contributed by atoms with van der Waals surface area (Å²) in [6, 6.07) is 1.93. The number of aryl methyl sites for hydroxylation is 1. The number of nitrogens with one attached hydrogen (secondary N) is 1. The highest BCUT2D eigenvalue weighted by molar-refractivity contribution is 5.82. The summed E-state index contributed by atoms with van der Waals surface area (Å²) in [5.74, 6) is 3.37. The van der Waals surface area contributed by atoms with Crippen molar-refractivity contribution >= 4 is 5.91 Å². The van der Waals surface area contributed by atoms with Crippen molar-refractivity contribution in [2.75, 3.05) is 0 Å². The number of amides is 1. The van der Waals surface area contributed by atoms with Crippen molar-refractivity contribution in [1.82, 2.24) is 15.3 Å². The molecule has 1 aromatic rings. The second-order valence-corrected chi connectivity index (χ2v) is 6.72. The second-order valence-electron chi connectivity index (χ2n) is 6.72. The SMILES string of the molecule is Cc1ccnc([C@H](NC(=O)[C@@H]2C[C@@H]2C2CC2)C2CC2)n1. The van der Waals surface area contributed by atoms with Crippen molar-refractivity contribution in [3.63, 3.8) is 0 Å². The summed E-state index contributed by atoms with van der Waals surface area (Å²) < 4.78 is 0. The van der Waals surface area contributed by atoms with E-state index in [0.717, 1.165) is 23.9 Å². The molecule has 0 aliphatic heterocycles. The average molecular weight is 271 g/mol. The van der Waals surface area contributed by atoms with Crippen LogP contribution in [0.25, 0.3) is 0 Å². The molecule has 3 fully saturated rings. The van der Waals surface area contributed by atoms with E-state index in [1.807, 2.05) is 13.0 Å². The minimum atomic E-state index is 0.0304. The average Bonchev–Trinajstić information content (AvgIpc) is 3.27. The van der Waals surface area contributed by atoms with E-state index in [2.05, 4.69) is 15.3 Å². The van der Waals surface area contributed by atoms with E-state index >= 15 is 0 Å². The number of aromatic nitrogens is 2. The first-order valence-corrected chi connectivity index (χ1v) is 7.82. The molecule has 4 nitrogen and oxygen atoms in total. The molecule has 1 amide bonds. The lowest BCUT2D eigenvalue weighted by Crippen LogP contribution is -2.32. The summed E-state index contributed by atoms with van der Waals surface area (Å²) in [4.78, 5) is 21.3. The van der Waals surface area contributed by atoms with Crippen LogP contribution in [-0.4, -0.2) is 15.9 Å². The van der Waals surface area contributed by atoms with Gasteiger partial charge in [0.25, 0.3) is 0 Å². The predicted octanol–water partition coefficient (Wildman–Crippen LogP) is 2.40. The summed E-state index contributed by atoms with van der Waals surface area (Å²) >= 11 is 0. The first-order valence-electron chi connectivity index (χ1n) is 7.82. The normalized spacial score (nSPS) is 29.9. The summed E-state index contributed by atoms with van der Waals surface area (Å²) in [7, 11) is 0. The highest BCUT2D eigenvalue weighted by Crippen LogP contribution is 2.54. The molecule has 3 aliphatic carbocycles. The summed E-state index contributed by atoms with van der Waals surface area (Å²) in [5.41, 5.74) is 0.970. The van der Waals surface area contributed by atoms with Crippen LogP contribution in [0.3, 0.4) is 0 Å². The molecule has 3 saturated carbocycles. The summed E-state index contributed by atoms with van der Waals surface area (Å²) in [6.45, 7) is 1.97. The lowest BCUT2D eigenvalue weighted by molar-refractivity contribution is -0.123. The highest BCUT2D eigenvalue weighted by Gasteiger charge is 2.52. The van der Waals surface area contributed by atoms with Crippen LogP contribution in [0.4, 0.5) is 0 Å². The van der Waals surface area contributed by atoms with E-state index in [1.165, 1.54) is 25.7 Å². The van der Waals surface area contributed by atoms with Crippen LogP contribution in [0.1, 0.15) is 49.7 Å². The number of carbonyl (C=O) groups is 1. The summed E-state index contributed by atoms with van der Waals surface area (Å²) in [5, 5.41) is 3.23. The number of carbonyl (C=O) groups excluding carboxylic acids is 1. The Hall–Kier alpha value is -1.45. The van der Waals surface area contributed by atoms with Gasteiger partial charge in [0.15, 0.2) is 5.82 Å². The van der Waals surface area contributed by atoms with E-state index in [0.29, 0.717) is 11.8 Å². The van der Waals surface area contributed by atoms with Crippen LogP contribution in [0.2, 0.25) is 0 Å². The van der Waals surface area contributed by atoms with Crippen molar-refractivity contribution in [1.29, 1.82) is 0 Å². The van der Waals surface area contributed by atoms with Gasteiger partial charge in [-0.2, -0.15) is 0 Å². The monoisotopic (exact) mass is 271 g/mol. The first-order chi connectivity index (χ1) is 9.72. The van der Waals surface area contributed by atoms with Gasteiger partial charge in [0.05, 0.1) is 6.04 Å². The molecule has 106 valence electrons. The largest absolute Gasteiger partial charge is 0.346 e. The molecule has 1 N–H and O–H groups in total. The third kappa shape index (κ3) is 2.43. The van der Waals surface area contributed by atoms with Crippen LogP contribution in [0.5, 0.6) is 0 Å². The van der Waals surface area contributed by atoms with E-state index in [9.17, 15) is 4.79 Å². The maximum absolute atomic E-state index is 12.4. The fourth-order valence-corrected chi connectivity index (χ4v) is 3.26. The lowest BCUT2D eigenvalue weighted by atomic mass is 10.1. The highest BCUT2D eigenvalue weighted by atomic mass is 16.2. The van der Waals surface area contributed by atoms with Crippen LogP contribution >= 0.6 is 0 Å². The fourth-order valence-electron chi connectivity index (χ4n) is 3.26. The minimum Gasteiger partial charge on any atom is -0.346 e. The van der Waals surface area contributed by atoms with Crippen molar-refractivity contribution in [3.8, 4) is 0 Å². The van der Waals surface area contributed by atoms with Gasteiger partial charge in [0.2, 0.25) is 5.91 Å². The Labute approximate surface area is 119 Å². The third-order valence-electron chi connectivity index (χ3n) is 4.89. The maximum Gasteiger partial charge on any atom is 0.224 e. The number of hydrogen-bond donors (Lipinski definition) is 1. The smallest absolute Gasteiger partial charge is 0.224 e. The Morgan fingerprint density at radius 1 is 1.35 bits per heavy atom. The lowest BCUT2D eigenvalue weighted by Gasteiger charge is -2.17. The standard InChI is InChI=1S/C16H21N3O/c1-9-6-7-17-15(18-9)14(11-4-5-11)19-16(20)13-8-12(13)10-2-3-10/h6-7,10-14H,2-5,8H2,1H3,(H,19,20)/t12-,13-,14-/m1/s1. The zero-order valence-electron chi connectivity index (χ0n) is 11.9. The van der Waals surface area contributed by atoms with Crippen molar-refractivity contribution in [2.45, 2.75) is 45.1 Å². The van der Waals surface area contributed by atoms with Gasteiger partial charge in [0.1, 0.15) is 0 Å². The minimum absolute atomic E-state index is 0.0304. The zero-order chi connectivity index (χ0) is 13.7. The van der Waals surface area contributed by atoms with Gasteiger partial charge in [-0.3, -0.25) is 4.79 Å². The molecule has 1 heterocycles. The van der Waals surface area contributed by atoms with Gasteiger partial charge >= 0.3 is 0 Å². The maximum atomic E-state index is 12.4. The van der Waals surface area contributed by atoms with Crippen LogP contribution in [0, 0.1) is 30.6 Å². The molecule has 0 aromatic carbocycles.